The van der Waals surface area contributed by atoms with Crippen LogP contribution in [0.25, 0.3) is 0 Å². The number of hydrogen-bond acceptors (Lipinski definition) is 3. The van der Waals surface area contributed by atoms with E-state index in [0.717, 1.165) is 16.5 Å². The fourth-order valence-electron chi connectivity index (χ4n) is 1.33. The first-order valence-corrected chi connectivity index (χ1v) is 5.59. The van der Waals surface area contributed by atoms with Crippen LogP contribution >= 0.6 is 11.3 Å². The molecule has 0 atom stereocenters. The standard InChI is InChI=1S/C12H12NOS/c1-9-12(13-10(2)15-9)8-14-11-6-4-3-5-7-11/h4-7H,8H2,1-2H3. The molecule has 0 spiro atoms. The lowest BCUT2D eigenvalue weighted by Gasteiger charge is -2.03. The highest BCUT2D eigenvalue weighted by atomic mass is 32.1. The molecule has 2 nitrogen and oxygen atoms in total. The molecule has 0 saturated carbocycles. The lowest BCUT2D eigenvalue weighted by Crippen LogP contribution is -1.97. The Kier molecular flexibility index (Phi) is 3.02. The molecule has 0 aliphatic heterocycles. The fourth-order valence-corrected chi connectivity index (χ4v) is 2.15. The Morgan fingerprint density at radius 2 is 2.07 bits per heavy atom. The summed E-state index contributed by atoms with van der Waals surface area (Å²) in [5.41, 5.74) is 1.03. The summed E-state index contributed by atoms with van der Waals surface area (Å²) in [7, 11) is 0. The van der Waals surface area contributed by atoms with Crippen molar-refractivity contribution < 1.29 is 4.74 Å². The zero-order valence-corrected chi connectivity index (χ0v) is 9.60. The molecule has 0 N–H and O–H groups in total. The van der Waals surface area contributed by atoms with Crippen LogP contribution in [0.15, 0.2) is 24.3 Å². The lowest BCUT2D eigenvalue weighted by molar-refractivity contribution is 0.301. The topological polar surface area (TPSA) is 22.1 Å². The monoisotopic (exact) mass is 218 g/mol. The molecule has 3 heteroatoms. The molecule has 2 rings (SSSR count). The molecule has 77 valence electrons. The van der Waals surface area contributed by atoms with Gasteiger partial charge in [0.25, 0.3) is 0 Å². The van der Waals surface area contributed by atoms with Crippen LogP contribution < -0.4 is 4.74 Å². The first-order valence-electron chi connectivity index (χ1n) is 4.77. The molecule has 0 bridgehead atoms. The van der Waals surface area contributed by atoms with Crippen molar-refractivity contribution >= 4 is 11.3 Å². The maximum Gasteiger partial charge on any atom is 0.131 e. The molecule has 1 aromatic carbocycles. The first-order chi connectivity index (χ1) is 7.25. The van der Waals surface area contributed by atoms with Crippen LogP contribution in [-0.4, -0.2) is 4.98 Å². The van der Waals surface area contributed by atoms with Gasteiger partial charge in [-0.05, 0) is 32.0 Å². The fraction of sp³-hybridized carbons (Fsp3) is 0.250. The Bertz CT molecular complexity index is 436. The van der Waals surface area contributed by atoms with E-state index in [9.17, 15) is 0 Å². The maximum absolute atomic E-state index is 5.61. The maximum atomic E-state index is 5.61. The quantitative estimate of drug-likeness (QED) is 0.789. The van der Waals surface area contributed by atoms with E-state index in [4.69, 9.17) is 4.74 Å². The second-order valence-corrected chi connectivity index (χ2v) is 4.67. The molecule has 1 radical (unpaired) electrons. The molecule has 1 aromatic heterocycles. The van der Waals surface area contributed by atoms with Gasteiger partial charge in [0.1, 0.15) is 12.4 Å². The third-order valence-corrected chi connectivity index (χ3v) is 2.99. The van der Waals surface area contributed by atoms with E-state index in [1.54, 1.807) is 11.3 Å². The number of benzene rings is 1. The summed E-state index contributed by atoms with van der Waals surface area (Å²) in [6.07, 6.45) is 0. The number of hydrogen-bond donors (Lipinski definition) is 0. The molecule has 2 aromatic rings. The van der Waals surface area contributed by atoms with Crippen molar-refractivity contribution in [2.24, 2.45) is 0 Å². The molecule has 0 saturated heterocycles. The predicted molar refractivity (Wildman–Crippen MR) is 61.2 cm³/mol. The van der Waals surface area contributed by atoms with Gasteiger partial charge in [-0.25, -0.2) is 4.98 Å². The molecule has 0 aliphatic rings. The summed E-state index contributed by atoms with van der Waals surface area (Å²) >= 11 is 1.71. The van der Waals surface area contributed by atoms with Gasteiger partial charge >= 0.3 is 0 Å². The van der Waals surface area contributed by atoms with Crippen LogP contribution in [0, 0.1) is 19.9 Å². The lowest BCUT2D eigenvalue weighted by atomic mass is 10.3. The largest absolute Gasteiger partial charge is 0.487 e. The molecule has 0 aliphatic carbocycles. The summed E-state index contributed by atoms with van der Waals surface area (Å²) in [6.45, 7) is 4.63. The minimum Gasteiger partial charge on any atom is -0.487 e. The van der Waals surface area contributed by atoms with E-state index < -0.39 is 0 Å². The van der Waals surface area contributed by atoms with Gasteiger partial charge in [-0.1, -0.05) is 12.1 Å². The summed E-state index contributed by atoms with van der Waals surface area (Å²) in [5.74, 6) is 0.860. The van der Waals surface area contributed by atoms with Crippen LogP contribution in [0.2, 0.25) is 0 Å². The smallest absolute Gasteiger partial charge is 0.131 e. The Morgan fingerprint density at radius 1 is 1.33 bits per heavy atom. The number of rotatable bonds is 3. The van der Waals surface area contributed by atoms with E-state index in [1.165, 1.54) is 4.88 Å². The first kappa shape index (κ1) is 10.2. The number of aryl methyl sites for hydroxylation is 2. The van der Waals surface area contributed by atoms with E-state index >= 15 is 0 Å². The molecule has 0 fully saturated rings. The average molecular weight is 218 g/mol. The second-order valence-electron chi connectivity index (χ2n) is 3.26. The highest BCUT2D eigenvalue weighted by Crippen LogP contribution is 2.18. The van der Waals surface area contributed by atoms with Crippen molar-refractivity contribution in [1.82, 2.24) is 4.98 Å². The number of nitrogens with zero attached hydrogens (tertiary/aromatic N) is 1. The third-order valence-electron chi connectivity index (χ3n) is 2.06. The van der Waals surface area contributed by atoms with E-state index in [0.29, 0.717) is 6.61 Å². The van der Waals surface area contributed by atoms with Gasteiger partial charge in [-0.15, -0.1) is 11.3 Å². The van der Waals surface area contributed by atoms with Gasteiger partial charge in [-0.2, -0.15) is 0 Å². The Morgan fingerprint density at radius 3 is 2.67 bits per heavy atom. The van der Waals surface area contributed by atoms with Crippen LogP contribution in [0.5, 0.6) is 5.75 Å². The minimum absolute atomic E-state index is 0.542. The van der Waals surface area contributed by atoms with Crippen molar-refractivity contribution in [1.29, 1.82) is 0 Å². The van der Waals surface area contributed by atoms with Crippen molar-refractivity contribution in [2.45, 2.75) is 20.5 Å². The van der Waals surface area contributed by atoms with Gasteiger partial charge in [-0.3, -0.25) is 0 Å². The Hall–Kier alpha value is -1.35. The third kappa shape index (κ3) is 2.57. The summed E-state index contributed by atoms with van der Waals surface area (Å²) in [4.78, 5) is 5.64. The van der Waals surface area contributed by atoms with Gasteiger partial charge in [0.2, 0.25) is 0 Å². The van der Waals surface area contributed by atoms with Crippen LogP contribution in [0.4, 0.5) is 0 Å². The summed E-state index contributed by atoms with van der Waals surface area (Å²) in [5, 5.41) is 1.09. The van der Waals surface area contributed by atoms with E-state index in [-0.39, 0.29) is 0 Å². The van der Waals surface area contributed by atoms with Gasteiger partial charge in [0.15, 0.2) is 0 Å². The summed E-state index contributed by atoms with van der Waals surface area (Å²) < 4.78 is 5.61. The normalized spacial score (nSPS) is 10.3. The highest BCUT2D eigenvalue weighted by Gasteiger charge is 2.04. The number of thiazole rings is 1. The van der Waals surface area contributed by atoms with E-state index in [2.05, 4.69) is 18.0 Å². The SMILES string of the molecule is Cc1nc(COc2cc[c]cc2)c(C)s1. The van der Waals surface area contributed by atoms with Crippen LogP contribution in [0.3, 0.4) is 0 Å². The van der Waals surface area contributed by atoms with Crippen molar-refractivity contribution in [3.8, 4) is 5.75 Å². The number of aromatic nitrogens is 1. The highest BCUT2D eigenvalue weighted by molar-refractivity contribution is 7.11. The zero-order chi connectivity index (χ0) is 10.7. The average Bonchev–Trinajstić information content (AvgIpc) is 2.56. The van der Waals surface area contributed by atoms with Crippen molar-refractivity contribution in [2.75, 3.05) is 0 Å². The molecular formula is C12H12NOS. The molecule has 0 amide bonds. The molecule has 1 heterocycles. The Balaban J connectivity index is 2.02. The van der Waals surface area contributed by atoms with Gasteiger partial charge in [0, 0.05) is 4.88 Å². The molecule has 15 heavy (non-hydrogen) atoms. The minimum atomic E-state index is 0.542. The van der Waals surface area contributed by atoms with Gasteiger partial charge < -0.3 is 4.74 Å². The van der Waals surface area contributed by atoms with Crippen LogP contribution in [-0.2, 0) is 6.61 Å². The van der Waals surface area contributed by atoms with Crippen LogP contribution in [0.1, 0.15) is 15.6 Å². The van der Waals surface area contributed by atoms with Gasteiger partial charge in [0.05, 0.1) is 10.7 Å². The second kappa shape index (κ2) is 4.45. The van der Waals surface area contributed by atoms with E-state index in [1.807, 2.05) is 31.2 Å². The Labute approximate surface area is 93.6 Å². The summed E-state index contributed by atoms with van der Waals surface area (Å²) in [6, 6.07) is 10.4. The van der Waals surface area contributed by atoms with Crippen molar-refractivity contribution in [3.63, 3.8) is 0 Å². The zero-order valence-electron chi connectivity index (χ0n) is 8.78. The number of ether oxygens (including phenoxy) is 1. The molecular weight excluding hydrogens is 206 g/mol. The van der Waals surface area contributed by atoms with Crippen molar-refractivity contribution in [3.05, 3.63) is 45.9 Å². The predicted octanol–water partition coefficient (Wildman–Crippen LogP) is 3.14. The molecule has 0 unspecified atom stereocenters.